The van der Waals surface area contributed by atoms with Gasteiger partial charge < -0.3 is 48.5 Å². The second kappa shape index (κ2) is 40.5. The van der Waals surface area contributed by atoms with Crippen LogP contribution in [0.4, 0.5) is 23.3 Å². The van der Waals surface area contributed by atoms with Crippen molar-refractivity contribution in [3.05, 3.63) is 303 Å². The molecule has 9 aromatic heterocycles. The van der Waals surface area contributed by atoms with Crippen LogP contribution in [-0.2, 0) is 22.9 Å². The van der Waals surface area contributed by atoms with Crippen molar-refractivity contribution in [3.63, 3.8) is 0 Å². The highest BCUT2D eigenvalue weighted by atomic mass is 35.5. The molecule has 26 nitrogen and oxygen atoms in total. The highest BCUT2D eigenvalue weighted by Gasteiger charge is 2.30. The van der Waals surface area contributed by atoms with Crippen molar-refractivity contribution < 1.29 is 42.5 Å². The van der Waals surface area contributed by atoms with E-state index in [1.165, 1.54) is 10.7 Å². The van der Waals surface area contributed by atoms with Crippen LogP contribution in [-0.4, -0.2) is 140 Å². The second-order valence-electron chi connectivity index (χ2n) is 32.3. The number of fused-ring (bicyclic) bond motifs is 3. The van der Waals surface area contributed by atoms with Gasteiger partial charge in [-0.25, -0.2) is 24.2 Å². The van der Waals surface area contributed by atoms with E-state index in [-0.39, 0.29) is 0 Å². The summed E-state index contributed by atoms with van der Waals surface area (Å²) in [5.41, 5.74) is 17.9. The first kappa shape index (κ1) is 88.2. The van der Waals surface area contributed by atoms with Gasteiger partial charge in [-0.15, -0.1) is 4.68 Å². The van der Waals surface area contributed by atoms with Gasteiger partial charge in [0, 0.05) is 64.4 Å². The zero-order chi connectivity index (χ0) is 89.3. The Bertz CT molecular complexity index is 6680. The van der Waals surface area contributed by atoms with E-state index in [1.54, 1.807) is 79.6 Å². The molecule has 0 atom stereocenters. The van der Waals surface area contributed by atoms with Gasteiger partial charge in [-0.1, -0.05) is 269 Å². The molecule has 9 heterocycles. The van der Waals surface area contributed by atoms with Gasteiger partial charge in [0.25, 0.3) is 6.33 Å². The topological polar surface area (TPSA) is 270 Å². The summed E-state index contributed by atoms with van der Waals surface area (Å²) in [5, 5.41) is 34.1. The van der Waals surface area contributed by atoms with E-state index in [2.05, 4.69) is 109 Å². The maximum atomic E-state index is 6.75. The predicted octanol–water partition coefficient (Wildman–Crippen LogP) is 21.4. The van der Waals surface area contributed by atoms with E-state index in [0.29, 0.717) is 82.0 Å². The number of nitrogens with two attached hydrogens (primary N) is 1. The number of halogens is 1. The number of nitrogens with zero attached hydrogens (tertiary/aromatic N) is 14. The lowest BCUT2D eigenvalue weighted by molar-refractivity contribution is -0.732. The van der Waals surface area contributed by atoms with E-state index < -0.39 is 16.1 Å². The highest BCUT2D eigenvalue weighted by molar-refractivity contribution is 6.76. The Morgan fingerprint density at radius 2 is 0.742 bits per heavy atom. The van der Waals surface area contributed by atoms with Crippen LogP contribution in [0.2, 0.25) is 56.5 Å². The molecule has 18 aromatic rings. The van der Waals surface area contributed by atoms with Gasteiger partial charge in [0.05, 0.1) is 82.2 Å². The summed E-state index contributed by atoms with van der Waals surface area (Å²) in [4.78, 5) is 15.1. The normalized spacial score (nSPS) is 11.3. The molecule has 9 aromatic carbocycles. The number of benzene rings is 9. The van der Waals surface area contributed by atoms with Gasteiger partial charge >= 0.3 is 0 Å². The molecule has 128 heavy (non-hydrogen) atoms. The summed E-state index contributed by atoms with van der Waals surface area (Å²) >= 11 is 6.75. The van der Waals surface area contributed by atoms with Crippen molar-refractivity contribution in [3.8, 4) is 135 Å². The number of imidazole rings is 1. The largest absolute Gasteiger partial charge is 0.497 e. The summed E-state index contributed by atoms with van der Waals surface area (Å²) in [6.45, 7) is 16.6. The number of nitrogens with one attached hydrogen (secondary N) is 3. The van der Waals surface area contributed by atoms with Crippen molar-refractivity contribution in [2.75, 3.05) is 72.3 Å². The third-order valence-electron chi connectivity index (χ3n) is 21.0. The Morgan fingerprint density at radius 1 is 0.383 bits per heavy atom. The van der Waals surface area contributed by atoms with Crippen LogP contribution in [0.15, 0.2) is 298 Å². The van der Waals surface area contributed by atoms with Gasteiger partial charge in [-0.3, -0.25) is 10.9 Å². The van der Waals surface area contributed by atoms with Crippen LogP contribution in [0.3, 0.4) is 0 Å². The number of rotatable bonds is 29. The fraction of sp³-hybridized carbons (Fsp3) is 0.182. The van der Waals surface area contributed by atoms with Gasteiger partial charge in [0.2, 0.25) is 17.6 Å². The lowest BCUT2D eigenvalue weighted by atomic mass is 10.0. The molecule has 0 aliphatic carbocycles. The van der Waals surface area contributed by atoms with Gasteiger partial charge in [0.1, 0.15) is 69.9 Å². The Morgan fingerprint density at radius 3 is 1.10 bits per heavy atom. The number of aromatic amines is 1. The third kappa shape index (κ3) is 20.6. The van der Waals surface area contributed by atoms with E-state index in [0.717, 1.165) is 131 Å². The summed E-state index contributed by atoms with van der Waals surface area (Å²) in [6, 6.07) is 90.0. The van der Waals surface area contributed by atoms with Crippen molar-refractivity contribution in [1.82, 2.24) is 68.4 Å². The van der Waals surface area contributed by atoms with Gasteiger partial charge in [0.15, 0.2) is 35.7 Å². The molecule has 0 unspecified atom stereocenters. The fourth-order valence-electron chi connectivity index (χ4n) is 14.5. The standard InChI is InChI=1S/C35H38N6O3Si.C29H24N6O2.C26H20ClN3O2.C9H20N3OSi/c1-42-28-18-16-26(17-19-28)31-33(36-29-20-21-40(38-29)24-44-22-23-45(3,4)5)37-34-30(25-12-8-6-9-13-25)32(27-14-10-7-11-15-27)39-41(34)35(31)43-2;1-36-22-15-13-20(14-16-22)25-27(31-23-17-18-30-33-23)32-28-24(19-9-5-3-6-10-19)26(21-11-7-4-8-12-21)34-35(28)29(25)37-2;1-31-20-15-13-18(14-16-20)22-24(27)28-25-21(17-9-5-3-6-10-17)23(19-11-7-4-8-12-19)29-30(25)26(22)32-2;1-14(2,3)7-6-13-9-11-4-5-12(10)8-11/h6-21H,22-24H2,1-5H3,(H,36,37,38);3-18H,1-2H3,(H2,30,31,32,33);3-16H,1-2H3;4-5,8H,6-7,9-10H2,1-3H3/q;;;+1. The Kier molecular flexibility index (Phi) is 27.9. The van der Waals surface area contributed by atoms with Gasteiger partial charge in [-0.2, -0.15) is 39.0 Å². The number of anilines is 4. The van der Waals surface area contributed by atoms with Crippen LogP contribution in [0.1, 0.15) is 0 Å². The second-order valence-corrected chi connectivity index (χ2v) is 43.9. The molecule has 0 aliphatic rings. The number of aromatic nitrogens is 15. The van der Waals surface area contributed by atoms with Crippen LogP contribution in [0, 0.1) is 0 Å². The number of H-pyrrole nitrogens is 1. The minimum absolute atomic E-state index is 0.344. The van der Waals surface area contributed by atoms with Crippen molar-refractivity contribution >= 4 is 68.0 Å². The number of hydrogen-bond donors (Lipinski definition) is 4. The Labute approximate surface area is 750 Å². The summed E-state index contributed by atoms with van der Waals surface area (Å²) in [6.07, 6.45) is 9.08. The number of hydrogen-bond acceptors (Lipinski definition) is 19. The molecule has 0 bridgehead atoms. The molecule has 29 heteroatoms. The maximum absolute atomic E-state index is 6.75. The monoisotopic (exact) mass is 1760 g/mol. The quantitative estimate of drug-likeness (QED) is 0.0112. The molecule has 18 rings (SSSR count). The van der Waals surface area contributed by atoms with Crippen LogP contribution in [0.5, 0.6) is 34.9 Å². The maximum Gasteiger partial charge on any atom is 0.268 e. The Hall–Kier alpha value is -14.7. The summed E-state index contributed by atoms with van der Waals surface area (Å²) in [5.74, 6) is 11.9. The van der Waals surface area contributed by atoms with E-state index >= 15 is 0 Å². The molecule has 0 amide bonds. The molecule has 0 radical (unpaired) electrons. The number of methoxy groups -OCH3 is 6. The molecule has 0 fully saturated rings. The first-order valence-corrected chi connectivity index (χ1v) is 49.6. The predicted molar refractivity (Wildman–Crippen MR) is 513 cm³/mol. The van der Waals surface area contributed by atoms with Crippen molar-refractivity contribution in [2.45, 2.75) is 64.8 Å². The minimum atomic E-state index is -1.17. The number of ether oxygens (including phenoxy) is 8. The SMILES string of the molecule is COc1ccc(-c2c(Cl)nc3c(-c4ccccc4)c(-c4ccccc4)nn3c2OC)cc1.COc1ccc(-c2c(Nc3ccn(COCC[Si](C)(C)C)n3)nc3c(-c4ccccc4)c(-c4ccccc4)nn3c2OC)cc1.COc1ccc(-c2c(Nc3ccn[nH]3)nc3c(-c4ccccc4)c(-c4ccccc4)nn3c2OC)cc1.C[Si](C)(C)CCOC[n+]1ccn(N)c1. The molecular weight excluding hydrogens is 1660 g/mol. The first-order valence-electron chi connectivity index (χ1n) is 41.8. The highest BCUT2D eigenvalue weighted by Crippen LogP contribution is 2.47. The van der Waals surface area contributed by atoms with E-state index in [9.17, 15) is 0 Å². The molecule has 650 valence electrons. The van der Waals surface area contributed by atoms with Crippen LogP contribution >= 0.6 is 11.6 Å². The van der Waals surface area contributed by atoms with E-state index in [4.69, 9.17) is 90.7 Å². The molecule has 5 N–H and O–H groups in total. The molecule has 0 aliphatic heterocycles. The molecule has 0 spiro atoms. The zero-order valence-corrected chi connectivity index (χ0v) is 76.3. The average molecular weight is 1760 g/mol. The zero-order valence-electron chi connectivity index (χ0n) is 73.5. The fourth-order valence-corrected chi connectivity index (χ4v) is 16.3. The summed E-state index contributed by atoms with van der Waals surface area (Å²) < 4.78 is 56.1. The summed E-state index contributed by atoms with van der Waals surface area (Å²) in [7, 11) is 7.73. The smallest absolute Gasteiger partial charge is 0.268 e. The van der Waals surface area contributed by atoms with Gasteiger partial charge in [-0.05, 0) is 81.9 Å². The van der Waals surface area contributed by atoms with Crippen LogP contribution < -0.4 is 49.5 Å². The van der Waals surface area contributed by atoms with Crippen molar-refractivity contribution in [1.29, 1.82) is 0 Å². The average Bonchev–Trinajstić information content (AvgIpc) is 1.58. The third-order valence-corrected chi connectivity index (χ3v) is 24.7. The van der Waals surface area contributed by atoms with E-state index in [1.807, 2.05) is 235 Å². The molecular formula is C99H102ClN18O8Si2+. The number of nitrogen functional groups attached to an aromatic ring is 1. The van der Waals surface area contributed by atoms with Crippen LogP contribution in [0.25, 0.3) is 117 Å². The molecule has 0 saturated carbocycles. The minimum Gasteiger partial charge on any atom is -0.497 e. The lowest BCUT2D eigenvalue weighted by Crippen LogP contribution is -2.34. The lowest BCUT2D eigenvalue weighted by Gasteiger charge is -2.16. The Balaban J connectivity index is 0.000000139. The molecule has 0 saturated heterocycles. The van der Waals surface area contributed by atoms with Crippen molar-refractivity contribution in [2.24, 2.45) is 0 Å². The first-order chi connectivity index (χ1) is 62.3.